The van der Waals surface area contributed by atoms with Gasteiger partial charge in [-0.1, -0.05) is 18.2 Å². The molecule has 0 aliphatic heterocycles. The smallest absolute Gasteiger partial charge is 0.335 e. The van der Waals surface area contributed by atoms with E-state index >= 15 is 0 Å². The molecule has 2 aromatic rings. The third-order valence-corrected chi connectivity index (χ3v) is 3.12. The molecule has 86 valence electrons. The maximum atomic E-state index is 11.0. The Bertz CT molecular complexity index is 517. The van der Waals surface area contributed by atoms with Gasteiger partial charge in [-0.15, -0.1) is 11.8 Å². The Hall–Kier alpha value is -1.88. The predicted molar refractivity (Wildman–Crippen MR) is 65.0 cm³/mol. The van der Waals surface area contributed by atoms with Crippen LogP contribution in [0.1, 0.15) is 15.9 Å². The standard InChI is InChI=1S/C12H10N2O2S/c15-12(16)10-4-2-1-3-9(10)8-17-11-7-13-5-6-14-11/h1-7H,8H2,(H,15,16). The van der Waals surface area contributed by atoms with Gasteiger partial charge in [0.15, 0.2) is 0 Å². The number of carboxylic acid groups (broad SMARTS) is 1. The first-order valence-corrected chi connectivity index (χ1v) is 5.96. The van der Waals surface area contributed by atoms with E-state index in [4.69, 9.17) is 5.11 Å². The Kier molecular flexibility index (Phi) is 3.72. The molecule has 1 aromatic carbocycles. The fourth-order valence-electron chi connectivity index (χ4n) is 1.37. The number of carbonyl (C=O) groups is 1. The number of aromatic nitrogens is 2. The molecule has 5 heteroatoms. The SMILES string of the molecule is O=C(O)c1ccccc1CSc1cnccn1. The van der Waals surface area contributed by atoms with E-state index in [2.05, 4.69) is 9.97 Å². The highest BCUT2D eigenvalue weighted by atomic mass is 32.2. The molecule has 0 saturated carbocycles. The van der Waals surface area contributed by atoms with Crippen molar-refractivity contribution in [2.45, 2.75) is 10.8 Å². The Labute approximate surface area is 103 Å². The molecule has 0 bridgehead atoms. The topological polar surface area (TPSA) is 63.1 Å². The summed E-state index contributed by atoms with van der Waals surface area (Å²) in [7, 11) is 0. The lowest BCUT2D eigenvalue weighted by Crippen LogP contribution is -2.00. The van der Waals surface area contributed by atoms with Crippen molar-refractivity contribution < 1.29 is 9.90 Å². The van der Waals surface area contributed by atoms with Crippen LogP contribution in [0, 0.1) is 0 Å². The summed E-state index contributed by atoms with van der Waals surface area (Å²) in [6.45, 7) is 0. The number of benzene rings is 1. The van der Waals surface area contributed by atoms with Crippen LogP contribution in [0.3, 0.4) is 0 Å². The maximum absolute atomic E-state index is 11.0. The number of hydrogen-bond donors (Lipinski definition) is 1. The Morgan fingerprint density at radius 3 is 2.82 bits per heavy atom. The lowest BCUT2D eigenvalue weighted by molar-refractivity contribution is 0.0696. The number of hydrogen-bond acceptors (Lipinski definition) is 4. The molecule has 0 fully saturated rings. The third-order valence-electron chi connectivity index (χ3n) is 2.16. The summed E-state index contributed by atoms with van der Waals surface area (Å²) < 4.78 is 0. The average molecular weight is 246 g/mol. The third kappa shape index (κ3) is 3.04. The van der Waals surface area contributed by atoms with Gasteiger partial charge in [-0.25, -0.2) is 9.78 Å². The number of nitrogens with zero attached hydrogens (tertiary/aromatic N) is 2. The second kappa shape index (κ2) is 5.45. The van der Waals surface area contributed by atoms with Crippen molar-refractivity contribution in [2.24, 2.45) is 0 Å². The van der Waals surface area contributed by atoms with Gasteiger partial charge >= 0.3 is 5.97 Å². The molecular weight excluding hydrogens is 236 g/mol. The van der Waals surface area contributed by atoms with Crippen LogP contribution in [0.5, 0.6) is 0 Å². The minimum Gasteiger partial charge on any atom is -0.478 e. The van der Waals surface area contributed by atoms with Crippen LogP contribution in [0.4, 0.5) is 0 Å². The van der Waals surface area contributed by atoms with Gasteiger partial charge in [-0.3, -0.25) is 4.98 Å². The van der Waals surface area contributed by atoms with Gasteiger partial charge in [-0.2, -0.15) is 0 Å². The summed E-state index contributed by atoms with van der Waals surface area (Å²) in [5.41, 5.74) is 1.12. The van der Waals surface area contributed by atoms with E-state index in [0.29, 0.717) is 11.3 Å². The highest BCUT2D eigenvalue weighted by Crippen LogP contribution is 2.21. The van der Waals surface area contributed by atoms with Crippen LogP contribution < -0.4 is 0 Å². The minimum atomic E-state index is -0.902. The lowest BCUT2D eigenvalue weighted by atomic mass is 10.1. The zero-order valence-electron chi connectivity index (χ0n) is 8.91. The van der Waals surface area contributed by atoms with Crippen LogP contribution in [0.15, 0.2) is 47.9 Å². The predicted octanol–water partition coefficient (Wildman–Crippen LogP) is 2.47. The molecule has 1 heterocycles. The van der Waals surface area contributed by atoms with Crippen LogP contribution >= 0.6 is 11.8 Å². The fourth-order valence-corrected chi connectivity index (χ4v) is 2.19. The highest BCUT2D eigenvalue weighted by molar-refractivity contribution is 7.98. The highest BCUT2D eigenvalue weighted by Gasteiger charge is 2.09. The zero-order valence-corrected chi connectivity index (χ0v) is 9.72. The van der Waals surface area contributed by atoms with Crippen LogP contribution in [-0.2, 0) is 5.75 Å². The maximum Gasteiger partial charge on any atom is 0.335 e. The Morgan fingerprint density at radius 1 is 1.29 bits per heavy atom. The molecular formula is C12H10N2O2S. The zero-order chi connectivity index (χ0) is 12.1. The van der Waals surface area contributed by atoms with Crippen LogP contribution in [0.2, 0.25) is 0 Å². The normalized spacial score (nSPS) is 10.1. The molecule has 0 radical (unpaired) electrons. The van der Waals surface area contributed by atoms with Crippen molar-refractivity contribution in [1.82, 2.24) is 9.97 Å². The second-order valence-electron chi connectivity index (χ2n) is 3.29. The van der Waals surface area contributed by atoms with Crippen molar-refractivity contribution in [3.63, 3.8) is 0 Å². The van der Waals surface area contributed by atoms with Gasteiger partial charge in [-0.05, 0) is 11.6 Å². The van der Waals surface area contributed by atoms with Crippen molar-refractivity contribution >= 4 is 17.7 Å². The monoisotopic (exact) mass is 246 g/mol. The number of aromatic carboxylic acids is 1. The van der Waals surface area contributed by atoms with Gasteiger partial charge < -0.3 is 5.11 Å². The molecule has 1 N–H and O–H groups in total. The largest absolute Gasteiger partial charge is 0.478 e. The van der Waals surface area contributed by atoms with Gasteiger partial charge in [0.25, 0.3) is 0 Å². The van der Waals surface area contributed by atoms with Crippen LogP contribution in [0.25, 0.3) is 0 Å². The number of rotatable bonds is 4. The van der Waals surface area contributed by atoms with Crippen molar-refractivity contribution in [3.8, 4) is 0 Å². The summed E-state index contributed by atoms with van der Waals surface area (Å²) in [6.07, 6.45) is 4.88. The van der Waals surface area contributed by atoms with Gasteiger partial charge in [0.05, 0.1) is 11.8 Å². The summed E-state index contributed by atoms with van der Waals surface area (Å²) in [4.78, 5) is 19.1. The Balaban J connectivity index is 2.12. The van der Waals surface area contributed by atoms with Crippen LogP contribution in [-0.4, -0.2) is 21.0 Å². The number of thioether (sulfide) groups is 1. The van der Waals surface area contributed by atoms with E-state index in [1.165, 1.54) is 11.8 Å². The average Bonchev–Trinajstić information content (AvgIpc) is 2.38. The molecule has 2 rings (SSSR count). The quantitative estimate of drug-likeness (QED) is 0.839. The van der Waals surface area contributed by atoms with Crippen molar-refractivity contribution in [3.05, 3.63) is 54.0 Å². The summed E-state index contributed by atoms with van der Waals surface area (Å²) >= 11 is 1.47. The molecule has 0 saturated heterocycles. The molecule has 0 aliphatic rings. The van der Waals surface area contributed by atoms with Gasteiger partial charge in [0, 0.05) is 18.1 Å². The van der Waals surface area contributed by atoms with Gasteiger partial charge in [0.2, 0.25) is 0 Å². The molecule has 17 heavy (non-hydrogen) atoms. The lowest BCUT2D eigenvalue weighted by Gasteiger charge is -2.04. The second-order valence-corrected chi connectivity index (χ2v) is 4.29. The first-order chi connectivity index (χ1) is 8.27. The molecule has 4 nitrogen and oxygen atoms in total. The molecule has 0 unspecified atom stereocenters. The summed E-state index contributed by atoms with van der Waals surface area (Å²) in [5.74, 6) is -0.332. The Morgan fingerprint density at radius 2 is 2.12 bits per heavy atom. The first kappa shape index (κ1) is 11.6. The van der Waals surface area contributed by atoms with E-state index in [1.54, 1.807) is 30.7 Å². The van der Waals surface area contributed by atoms with Crippen molar-refractivity contribution in [2.75, 3.05) is 0 Å². The fraction of sp³-hybridized carbons (Fsp3) is 0.0833. The number of carboxylic acids is 1. The van der Waals surface area contributed by atoms with Gasteiger partial charge in [0.1, 0.15) is 5.03 Å². The molecule has 1 aromatic heterocycles. The molecule has 0 amide bonds. The van der Waals surface area contributed by atoms with E-state index in [1.807, 2.05) is 12.1 Å². The molecule has 0 spiro atoms. The van der Waals surface area contributed by atoms with E-state index in [0.717, 1.165) is 10.6 Å². The molecule has 0 atom stereocenters. The summed E-state index contributed by atoms with van der Waals surface area (Å²) in [5, 5.41) is 9.81. The van der Waals surface area contributed by atoms with E-state index in [9.17, 15) is 4.79 Å². The first-order valence-electron chi connectivity index (χ1n) is 4.97. The van der Waals surface area contributed by atoms with Crippen molar-refractivity contribution in [1.29, 1.82) is 0 Å². The summed E-state index contributed by atoms with van der Waals surface area (Å²) in [6, 6.07) is 6.97. The van der Waals surface area contributed by atoms with E-state index in [-0.39, 0.29) is 0 Å². The minimum absolute atomic E-state index is 0.337. The van der Waals surface area contributed by atoms with E-state index < -0.39 is 5.97 Å². The molecule has 0 aliphatic carbocycles.